The van der Waals surface area contributed by atoms with Gasteiger partial charge in [0.25, 0.3) is 0 Å². The van der Waals surface area contributed by atoms with Crippen molar-refractivity contribution in [1.82, 2.24) is 10.2 Å². The normalized spacial score (nSPS) is 10.6. The van der Waals surface area contributed by atoms with Gasteiger partial charge < -0.3 is 10.4 Å². The van der Waals surface area contributed by atoms with Crippen LogP contribution < -0.4 is 5.32 Å². The van der Waals surface area contributed by atoms with Gasteiger partial charge in [-0.2, -0.15) is 0 Å². The third kappa shape index (κ3) is 4.02. The maximum absolute atomic E-state index is 11.2. The Morgan fingerprint density at radius 2 is 2.18 bits per heavy atom. The Bertz CT molecular complexity index is 421. The topological polar surface area (TPSA) is 52.6 Å². The standard InChI is InChI=1S/C12H17BrN2O2/c1-8-4-10(13)5-9(12(8)17)6-15(3)7-11(16)14-2/h4-5,17H,6-7H2,1-3H3,(H,14,16). The van der Waals surface area contributed by atoms with E-state index in [-0.39, 0.29) is 11.7 Å². The number of halogens is 1. The molecule has 1 aromatic carbocycles. The van der Waals surface area contributed by atoms with Crippen molar-refractivity contribution >= 4 is 21.8 Å². The summed E-state index contributed by atoms with van der Waals surface area (Å²) in [7, 11) is 3.45. The molecule has 94 valence electrons. The van der Waals surface area contributed by atoms with Crippen molar-refractivity contribution in [2.45, 2.75) is 13.5 Å². The number of phenolic OH excluding ortho intramolecular Hbond substituents is 1. The van der Waals surface area contributed by atoms with Crippen LogP contribution in [0.5, 0.6) is 5.75 Å². The molecule has 0 radical (unpaired) electrons. The molecule has 0 aliphatic carbocycles. The Kier molecular flexibility index (Phi) is 4.96. The number of aromatic hydroxyl groups is 1. The number of hydrogen-bond acceptors (Lipinski definition) is 3. The van der Waals surface area contributed by atoms with Crippen molar-refractivity contribution in [2.75, 3.05) is 20.6 Å². The lowest BCUT2D eigenvalue weighted by Gasteiger charge is -2.17. The van der Waals surface area contributed by atoms with Crippen molar-refractivity contribution < 1.29 is 9.90 Å². The number of carbonyl (C=O) groups is 1. The Morgan fingerprint density at radius 1 is 1.53 bits per heavy atom. The molecular formula is C12H17BrN2O2. The molecule has 0 aromatic heterocycles. The smallest absolute Gasteiger partial charge is 0.233 e. The second-order valence-corrected chi connectivity index (χ2v) is 4.99. The molecule has 4 nitrogen and oxygen atoms in total. The van der Waals surface area contributed by atoms with Crippen LogP contribution in [-0.2, 0) is 11.3 Å². The minimum Gasteiger partial charge on any atom is -0.507 e. The molecule has 1 rings (SSSR count). The molecule has 0 saturated carbocycles. The summed E-state index contributed by atoms with van der Waals surface area (Å²) in [5.41, 5.74) is 1.63. The fourth-order valence-electron chi connectivity index (χ4n) is 1.60. The summed E-state index contributed by atoms with van der Waals surface area (Å²) in [5.74, 6) is 0.246. The number of amides is 1. The van der Waals surface area contributed by atoms with Gasteiger partial charge in [0.2, 0.25) is 5.91 Å². The van der Waals surface area contributed by atoms with E-state index in [1.54, 1.807) is 7.05 Å². The fraction of sp³-hybridized carbons (Fsp3) is 0.417. The van der Waals surface area contributed by atoms with E-state index < -0.39 is 0 Å². The van der Waals surface area contributed by atoms with Gasteiger partial charge in [-0.3, -0.25) is 9.69 Å². The Hall–Kier alpha value is -1.07. The molecule has 0 saturated heterocycles. The van der Waals surface area contributed by atoms with Crippen LogP contribution in [0.4, 0.5) is 0 Å². The molecule has 0 heterocycles. The zero-order chi connectivity index (χ0) is 13.0. The fourth-order valence-corrected chi connectivity index (χ4v) is 2.22. The molecule has 2 N–H and O–H groups in total. The van der Waals surface area contributed by atoms with E-state index in [0.29, 0.717) is 13.1 Å². The molecule has 0 spiro atoms. The quantitative estimate of drug-likeness (QED) is 0.889. The van der Waals surface area contributed by atoms with E-state index in [4.69, 9.17) is 0 Å². The van der Waals surface area contributed by atoms with Crippen molar-refractivity contribution in [2.24, 2.45) is 0 Å². The van der Waals surface area contributed by atoms with E-state index in [2.05, 4.69) is 21.2 Å². The Morgan fingerprint density at radius 3 is 2.76 bits per heavy atom. The summed E-state index contributed by atoms with van der Waals surface area (Å²) in [6, 6.07) is 3.72. The summed E-state index contributed by atoms with van der Waals surface area (Å²) in [5, 5.41) is 12.5. The van der Waals surface area contributed by atoms with E-state index in [1.165, 1.54) is 0 Å². The van der Waals surface area contributed by atoms with Crippen LogP contribution in [0.1, 0.15) is 11.1 Å². The largest absolute Gasteiger partial charge is 0.507 e. The summed E-state index contributed by atoms with van der Waals surface area (Å²) < 4.78 is 0.927. The molecule has 5 heteroatoms. The molecule has 0 atom stereocenters. The zero-order valence-corrected chi connectivity index (χ0v) is 11.8. The second-order valence-electron chi connectivity index (χ2n) is 4.08. The zero-order valence-electron chi connectivity index (χ0n) is 10.2. The predicted molar refractivity (Wildman–Crippen MR) is 70.9 cm³/mol. The highest BCUT2D eigenvalue weighted by atomic mass is 79.9. The van der Waals surface area contributed by atoms with Gasteiger partial charge in [-0.1, -0.05) is 15.9 Å². The molecular weight excluding hydrogens is 284 g/mol. The molecule has 17 heavy (non-hydrogen) atoms. The van der Waals surface area contributed by atoms with Gasteiger partial charge in [0.1, 0.15) is 5.75 Å². The van der Waals surface area contributed by atoms with Gasteiger partial charge in [-0.25, -0.2) is 0 Å². The number of likely N-dealkylation sites (N-methyl/N-ethyl adjacent to an activating group) is 2. The van der Waals surface area contributed by atoms with E-state index in [1.807, 2.05) is 31.0 Å². The first-order valence-corrected chi connectivity index (χ1v) is 6.10. The summed E-state index contributed by atoms with van der Waals surface area (Å²) in [4.78, 5) is 13.1. The van der Waals surface area contributed by atoms with E-state index in [9.17, 15) is 9.90 Å². The van der Waals surface area contributed by atoms with E-state index in [0.717, 1.165) is 15.6 Å². The maximum atomic E-state index is 11.2. The molecule has 0 aliphatic heterocycles. The van der Waals surface area contributed by atoms with Gasteiger partial charge in [-0.15, -0.1) is 0 Å². The van der Waals surface area contributed by atoms with Crippen molar-refractivity contribution in [1.29, 1.82) is 0 Å². The number of aryl methyl sites for hydroxylation is 1. The lowest BCUT2D eigenvalue weighted by Crippen LogP contribution is -2.32. The molecule has 0 unspecified atom stereocenters. The lowest BCUT2D eigenvalue weighted by molar-refractivity contribution is -0.121. The van der Waals surface area contributed by atoms with Crippen molar-refractivity contribution in [3.8, 4) is 5.75 Å². The average molecular weight is 301 g/mol. The van der Waals surface area contributed by atoms with Crippen LogP contribution >= 0.6 is 15.9 Å². The van der Waals surface area contributed by atoms with Crippen LogP contribution in [-0.4, -0.2) is 36.6 Å². The van der Waals surface area contributed by atoms with Gasteiger partial charge >= 0.3 is 0 Å². The third-order valence-electron chi connectivity index (χ3n) is 2.48. The van der Waals surface area contributed by atoms with Crippen molar-refractivity contribution in [3.63, 3.8) is 0 Å². The predicted octanol–water partition coefficient (Wildman–Crippen LogP) is 1.64. The first kappa shape index (κ1) is 14.0. The first-order valence-electron chi connectivity index (χ1n) is 5.31. The molecule has 0 fully saturated rings. The average Bonchev–Trinajstić information content (AvgIpc) is 2.24. The summed E-state index contributed by atoms with van der Waals surface area (Å²) >= 11 is 3.39. The van der Waals surface area contributed by atoms with Crippen LogP contribution in [0, 0.1) is 6.92 Å². The van der Waals surface area contributed by atoms with Gasteiger partial charge in [0.15, 0.2) is 0 Å². The minimum atomic E-state index is -0.0429. The first-order chi connectivity index (χ1) is 7.93. The van der Waals surface area contributed by atoms with Gasteiger partial charge in [0, 0.05) is 23.6 Å². The van der Waals surface area contributed by atoms with Gasteiger partial charge in [-0.05, 0) is 31.7 Å². The number of carbonyl (C=O) groups excluding carboxylic acids is 1. The van der Waals surface area contributed by atoms with Crippen LogP contribution in [0.2, 0.25) is 0 Å². The third-order valence-corrected chi connectivity index (χ3v) is 2.93. The Labute approximate surface area is 110 Å². The van der Waals surface area contributed by atoms with Crippen LogP contribution in [0.3, 0.4) is 0 Å². The summed E-state index contributed by atoms with van der Waals surface area (Å²) in [6.45, 7) is 2.68. The SMILES string of the molecule is CNC(=O)CN(C)Cc1cc(Br)cc(C)c1O. The summed E-state index contributed by atoms with van der Waals surface area (Å²) in [6.07, 6.45) is 0. The minimum absolute atomic E-state index is 0.0429. The number of benzene rings is 1. The second kappa shape index (κ2) is 6.02. The van der Waals surface area contributed by atoms with Crippen LogP contribution in [0.15, 0.2) is 16.6 Å². The number of nitrogens with one attached hydrogen (secondary N) is 1. The van der Waals surface area contributed by atoms with E-state index >= 15 is 0 Å². The van der Waals surface area contributed by atoms with Crippen LogP contribution in [0.25, 0.3) is 0 Å². The number of hydrogen-bond donors (Lipinski definition) is 2. The molecule has 1 aromatic rings. The van der Waals surface area contributed by atoms with Crippen molar-refractivity contribution in [3.05, 3.63) is 27.7 Å². The molecule has 1 amide bonds. The maximum Gasteiger partial charge on any atom is 0.233 e. The highest BCUT2D eigenvalue weighted by Gasteiger charge is 2.10. The van der Waals surface area contributed by atoms with Gasteiger partial charge in [0.05, 0.1) is 6.54 Å². The number of rotatable bonds is 4. The number of nitrogens with zero attached hydrogens (tertiary/aromatic N) is 1. The highest BCUT2D eigenvalue weighted by Crippen LogP contribution is 2.27. The molecule has 0 bridgehead atoms. The lowest BCUT2D eigenvalue weighted by atomic mass is 10.1. The Balaban J connectivity index is 2.77. The molecule has 0 aliphatic rings. The highest BCUT2D eigenvalue weighted by molar-refractivity contribution is 9.10. The number of phenols is 1. The monoisotopic (exact) mass is 300 g/mol.